The quantitative estimate of drug-likeness (QED) is 0.161. The average molecular weight is 797 g/mol. The number of nitrogens with zero attached hydrogens (tertiary/aromatic N) is 2. The van der Waals surface area contributed by atoms with Gasteiger partial charge in [0.05, 0.1) is 15.9 Å². The fraction of sp³-hybridized carbons (Fsp3) is 0. The van der Waals surface area contributed by atoms with Gasteiger partial charge in [0.1, 0.15) is 16.2 Å². The molecular formula is C57H36N2OS. The lowest BCUT2D eigenvalue weighted by Gasteiger charge is -2.28. The molecule has 61 heavy (non-hydrogen) atoms. The van der Waals surface area contributed by atoms with Gasteiger partial charge in [-0.15, -0.1) is 11.3 Å². The van der Waals surface area contributed by atoms with Crippen LogP contribution in [0.15, 0.2) is 223 Å². The molecule has 4 heteroatoms. The maximum absolute atomic E-state index is 6.52. The first-order chi connectivity index (χ1) is 30.2. The van der Waals surface area contributed by atoms with E-state index < -0.39 is 0 Å². The molecule has 286 valence electrons. The summed E-state index contributed by atoms with van der Waals surface area (Å²) in [7, 11) is 0. The fourth-order valence-electron chi connectivity index (χ4n) is 8.93. The topological polar surface area (TPSA) is 29.3 Å². The highest BCUT2D eigenvalue weighted by Gasteiger charge is 2.19. The molecule has 10 aromatic carbocycles. The minimum absolute atomic E-state index is 0.854. The molecule has 0 aliphatic heterocycles. The number of hydrogen-bond acceptors (Lipinski definition) is 4. The lowest BCUT2D eigenvalue weighted by molar-refractivity contribution is 0.669. The standard InChI is InChI=1S/C57H36N2OS/c1-3-12-38(13-4-1)47-32-33-53(49-20-10-9-19-48(47)49)59(44-29-24-40(25-30-44)46-21-11-17-39-14-7-8-18-45(39)46)43-27-22-37(23-28-43)42-26-31-50-51-35-56-52(36-55(51)60-54(50)34-42)58-57(61-56)41-15-5-2-6-16-41/h1-36H. The zero-order chi connectivity index (χ0) is 40.3. The highest BCUT2D eigenvalue weighted by atomic mass is 32.1. The van der Waals surface area contributed by atoms with Crippen LogP contribution in [0.2, 0.25) is 0 Å². The SMILES string of the molecule is c1ccc(-c2nc3cc4oc5cc(-c6ccc(N(c7ccc(-c8cccc9ccccc89)cc7)c7ccc(-c8ccccc8)c8ccccc78)cc6)ccc5c4cc3s2)cc1. The van der Waals surface area contributed by atoms with Crippen LogP contribution in [-0.2, 0) is 0 Å². The predicted molar refractivity (Wildman–Crippen MR) is 258 cm³/mol. The maximum atomic E-state index is 6.52. The van der Waals surface area contributed by atoms with Crippen LogP contribution in [0.25, 0.3) is 97.7 Å². The second-order valence-corrected chi connectivity index (χ2v) is 16.5. The summed E-state index contributed by atoms with van der Waals surface area (Å²) < 4.78 is 7.68. The van der Waals surface area contributed by atoms with Gasteiger partial charge >= 0.3 is 0 Å². The Kier molecular flexibility index (Phi) is 8.36. The summed E-state index contributed by atoms with van der Waals surface area (Å²) >= 11 is 1.72. The van der Waals surface area contributed by atoms with E-state index in [2.05, 4.69) is 217 Å². The monoisotopic (exact) mass is 796 g/mol. The van der Waals surface area contributed by atoms with Gasteiger partial charge in [-0.3, -0.25) is 0 Å². The Balaban J connectivity index is 0.938. The molecule has 0 amide bonds. The summed E-state index contributed by atoms with van der Waals surface area (Å²) in [6.07, 6.45) is 0. The van der Waals surface area contributed by atoms with Crippen molar-refractivity contribution in [1.82, 2.24) is 4.98 Å². The van der Waals surface area contributed by atoms with Crippen molar-refractivity contribution in [2.45, 2.75) is 0 Å². The van der Waals surface area contributed by atoms with Crippen molar-refractivity contribution in [2.75, 3.05) is 4.90 Å². The van der Waals surface area contributed by atoms with Crippen molar-refractivity contribution < 1.29 is 4.42 Å². The Morgan fingerprint density at radius 2 is 0.967 bits per heavy atom. The minimum atomic E-state index is 0.854. The molecular weight excluding hydrogens is 761 g/mol. The van der Waals surface area contributed by atoms with Crippen LogP contribution in [-0.4, -0.2) is 4.98 Å². The van der Waals surface area contributed by atoms with Crippen LogP contribution in [0.3, 0.4) is 0 Å². The molecule has 0 fully saturated rings. The second kappa shape index (κ2) is 14.5. The summed E-state index contributed by atoms with van der Waals surface area (Å²) in [5, 5.41) is 8.13. The van der Waals surface area contributed by atoms with E-state index >= 15 is 0 Å². The van der Waals surface area contributed by atoms with Crippen molar-refractivity contribution >= 4 is 82.1 Å². The summed E-state index contributed by atoms with van der Waals surface area (Å²) in [6, 6.07) is 78.3. The molecule has 0 atom stereocenters. The van der Waals surface area contributed by atoms with Crippen LogP contribution in [0.5, 0.6) is 0 Å². The number of thiazole rings is 1. The molecule has 0 aliphatic rings. The van der Waals surface area contributed by atoms with Crippen molar-refractivity contribution in [3.05, 3.63) is 218 Å². The van der Waals surface area contributed by atoms with Gasteiger partial charge in [-0.1, -0.05) is 164 Å². The van der Waals surface area contributed by atoms with Crippen LogP contribution in [0, 0.1) is 0 Å². The molecule has 12 rings (SSSR count). The lowest BCUT2D eigenvalue weighted by Crippen LogP contribution is -2.10. The van der Waals surface area contributed by atoms with E-state index in [0.29, 0.717) is 0 Å². The highest BCUT2D eigenvalue weighted by molar-refractivity contribution is 7.21. The molecule has 0 bridgehead atoms. The molecule has 0 saturated carbocycles. The second-order valence-electron chi connectivity index (χ2n) is 15.5. The smallest absolute Gasteiger partial charge is 0.137 e. The zero-order valence-electron chi connectivity index (χ0n) is 33.0. The molecule has 0 spiro atoms. The van der Waals surface area contributed by atoms with E-state index in [1.165, 1.54) is 43.8 Å². The van der Waals surface area contributed by atoms with Crippen LogP contribution in [0.4, 0.5) is 17.1 Å². The Hall–Kier alpha value is -7.79. The molecule has 0 saturated heterocycles. The molecule has 2 aromatic heterocycles. The van der Waals surface area contributed by atoms with Crippen molar-refractivity contribution in [3.63, 3.8) is 0 Å². The summed E-state index contributed by atoms with van der Waals surface area (Å²) in [5.41, 5.74) is 14.2. The molecule has 0 unspecified atom stereocenters. The van der Waals surface area contributed by atoms with Crippen LogP contribution < -0.4 is 4.90 Å². The number of furan rings is 1. The summed E-state index contributed by atoms with van der Waals surface area (Å²) in [6.45, 7) is 0. The number of fused-ring (bicyclic) bond motifs is 6. The first kappa shape index (κ1) is 35.2. The summed E-state index contributed by atoms with van der Waals surface area (Å²) in [5.74, 6) is 0. The van der Waals surface area contributed by atoms with Crippen molar-refractivity contribution in [2.24, 2.45) is 0 Å². The first-order valence-electron chi connectivity index (χ1n) is 20.6. The molecule has 12 aromatic rings. The van der Waals surface area contributed by atoms with E-state index in [9.17, 15) is 0 Å². The number of aromatic nitrogens is 1. The Morgan fingerprint density at radius 1 is 0.377 bits per heavy atom. The Morgan fingerprint density at radius 3 is 1.74 bits per heavy atom. The van der Waals surface area contributed by atoms with E-state index in [4.69, 9.17) is 9.40 Å². The fourth-order valence-corrected chi connectivity index (χ4v) is 9.92. The van der Waals surface area contributed by atoms with Gasteiger partial charge in [0.2, 0.25) is 0 Å². The van der Waals surface area contributed by atoms with E-state index in [1.807, 2.05) is 6.07 Å². The average Bonchev–Trinajstić information content (AvgIpc) is 3.92. The molecule has 3 nitrogen and oxygen atoms in total. The number of benzene rings is 10. The van der Waals surface area contributed by atoms with Gasteiger partial charge in [0.25, 0.3) is 0 Å². The third-order valence-corrected chi connectivity index (χ3v) is 13.0. The lowest BCUT2D eigenvalue weighted by atomic mass is 9.96. The molecule has 0 N–H and O–H groups in total. The van der Waals surface area contributed by atoms with Crippen molar-refractivity contribution in [3.8, 4) is 44.0 Å². The Bertz CT molecular complexity index is 3570. The number of anilines is 3. The minimum Gasteiger partial charge on any atom is -0.456 e. The van der Waals surface area contributed by atoms with Crippen LogP contribution in [0.1, 0.15) is 0 Å². The third-order valence-electron chi connectivity index (χ3n) is 11.9. The first-order valence-corrected chi connectivity index (χ1v) is 21.4. The van der Waals surface area contributed by atoms with E-state index in [1.54, 1.807) is 11.3 Å². The molecule has 0 aliphatic carbocycles. The predicted octanol–water partition coefficient (Wildman–Crippen LogP) is 16.6. The largest absolute Gasteiger partial charge is 0.456 e. The van der Waals surface area contributed by atoms with Gasteiger partial charge < -0.3 is 9.32 Å². The van der Waals surface area contributed by atoms with Gasteiger partial charge in [-0.05, 0) is 98.1 Å². The summed E-state index contributed by atoms with van der Waals surface area (Å²) in [4.78, 5) is 7.34. The maximum Gasteiger partial charge on any atom is 0.137 e. The third kappa shape index (κ3) is 6.16. The zero-order valence-corrected chi connectivity index (χ0v) is 33.8. The van der Waals surface area contributed by atoms with Crippen LogP contribution >= 0.6 is 11.3 Å². The normalized spacial score (nSPS) is 11.6. The Labute approximate surface area is 357 Å². The highest BCUT2D eigenvalue weighted by Crippen LogP contribution is 2.44. The van der Waals surface area contributed by atoms with E-state index in [-0.39, 0.29) is 0 Å². The van der Waals surface area contributed by atoms with Gasteiger partial charge in [0.15, 0.2) is 0 Å². The van der Waals surface area contributed by atoms with E-state index in [0.717, 1.165) is 70.9 Å². The van der Waals surface area contributed by atoms with Gasteiger partial charge in [0, 0.05) is 39.2 Å². The van der Waals surface area contributed by atoms with Gasteiger partial charge in [-0.25, -0.2) is 4.98 Å². The number of rotatable bonds is 7. The van der Waals surface area contributed by atoms with Gasteiger partial charge in [-0.2, -0.15) is 0 Å². The molecule has 0 radical (unpaired) electrons. The number of hydrogen-bond donors (Lipinski definition) is 0. The van der Waals surface area contributed by atoms with Crippen molar-refractivity contribution in [1.29, 1.82) is 0 Å². The molecule has 2 heterocycles.